The zero-order chi connectivity index (χ0) is 13.7. The Kier molecular flexibility index (Phi) is 5.25. The van der Waals surface area contributed by atoms with Crippen LogP contribution in [0, 0.1) is 5.92 Å². The van der Waals surface area contributed by atoms with E-state index in [-0.39, 0.29) is 5.79 Å². The lowest BCUT2D eigenvalue weighted by molar-refractivity contribution is -0.293. The van der Waals surface area contributed by atoms with E-state index in [1.54, 1.807) is 0 Å². The Morgan fingerprint density at radius 1 is 1.11 bits per heavy atom. The van der Waals surface area contributed by atoms with Crippen LogP contribution in [0.2, 0.25) is 0 Å². The Labute approximate surface area is 123 Å². The van der Waals surface area contributed by atoms with E-state index in [2.05, 4.69) is 15.9 Å². The number of hydrogen-bond donors (Lipinski definition) is 0. The van der Waals surface area contributed by atoms with Crippen molar-refractivity contribution in [1.82, 2.24) is 0 Å². The van der Waals surface area contributed by atoms with Crippen molar-refractivity contribution in [3.63, 3.8) is 0 Å². The van der Waals surface area contributed by atoms with E-state index in [0.29, 0.717) is 19.1 Å². The number of rotatable bonds is 7. The Morgan fingerprint density at radius 3 is 2.21 bits per heavy atom. The normalized spacial score (nSPS) is 18.1. The molecule has 1 aliphatic rings. The summed E-state index contributed by atoms with van der Waals surface area (Å²) in [6, 6.07) is 7.92. The molecule has 1 aliphatic carbocycles. The maximum absolute atomic E-state index is 5.78. The smallest absolute Gasteiger partial charge is 0.169 e. The van der Waals surface area contributed by atoms with Gasteiger partial charge in [0.25, 0.3) is 0 Å². The third-order valence-electron chi connectivity index (χ3n) is 3.31. The van der Waals surface area contributed by atoms with Crippen molar-refractivity contribution < 1.29 is 14.2 Å². The molecule has 1 fully saturated rings. The van der Waals surface area contributed by atoms with Gasteiger partial charge in [-0.2, -0.15) is 0 Å². The van der Waals surface area contributed by atoms with Crippen LogP contribution in [0.1, 0.15) is 26.7 Å². The van der Waals surface area contributed by atoms with Crippen LogP contribution in [0.4, 0.5) is 0 Å². The van der Waals surface area contributed by atoms with E-state index in [1.807, 2.05) is 38.1 Å². The maximum Gasteiger partial charge on any atom is 0.169 e. The molecule has 0 spiro atoms. The summed E-state index contributed by atoms with van der Waals surface area (Å²) in [4.78, 5) is 0. The molecule has 2 rings (SSSR count). The highest BCUT2D eigenvalue weighted by Crippen LogP contribution is 2.42. The summed E-state index contributed by atoms with van der Waals surface area (Å²) >= 11 is 3.41. The van der Waals surface area contributed by atoms with Gasteiger partial charge in [0.1, 0.15) is 5.75 Å². The molecule has 1 saturated carbocycles. The molecule has 106 valence electrons. The summed E-state index contributed by atoms with van der Waals surface area (Å²) in [6.45, 7) is 6.13. The number of hydrogen-bond acceptors (Lipinski definition) is 3. The molecule has 0 bridgehead atoms. The standard InChI is InChI=1S/C15H21BrO3/c1-3-18-15(19-4-2)9-12(10-15)11-17-14-7-5-13(16)6-8-14/h5-8,12H,3-4,9-11H2,1-2H3. The largest absolute Gasteiger partial charge is 0.493 e. The molecule has 0 saturated heterocycles. The van der Waals surface area contributed by atoms with Crippen LogP contribution < -0.4 is 4.74 Å². The van der Waals surface area contributed by atoms with Gasteiger partial charge in [0, 0.05) is 36.4 Å². The molecule has 1 aromatic carbocycles. The van der Waals surface area contributed by atoms with E-state index in [1.165, 1.54) is 0 Å². The van der Waals surface area contributed by atoms with Crippen LogP contribution in [-0.4, -0.2) is 25.6 Å². The van der Waals surface area contributed by atoms with Gasteiger partial charge in [0.2, 0.25) is 0 Å². The van der Waals surface area contributed by atoms with Crippen LogP contribution in [0.3, 0.4) is 0 Å². The van der Waals surface area contributed by atoms with Gasteiger partial charge >= 0.3 is 0 Å². The maximum atomic E-state index is 5.78. The Morgan fingerprint density at radius 2 is 1.68 bits per heavy atom. The summed E-state index contributed by atoms with van der Waals surface area (Å²) in [6.07, 6.45) is 1.84. The molecule has 0 atom stereocenters. The van der Waals surface area contributed by atoms with Crippen molar-refractivity contribution in [3.8, 4) is 5.75 Å². The van der Waals surface area contributed by atoms with Gasteiger partial charge < -0.3 is 14.2 Å². The van der Waals surface area contributed by atoms with E-state index < -0.39 is 0 Å². The van der Waals surface area contributed by atoms with Crippen molar-refractivity contribution >= 4 is 15.9 Å². The van der Waals surface area contributed by atoms with Gasteiger partial charge in [-0.3, -0.25) is 0 Å². The van der Waals surface area contributed by atoms with Crippen LogP contribution >= 0.6 is 15.9 Å². The Bertz CT molecular complexity index is 377. The van der Waals surface area contributed by atoms with Crippen LogP contribution in [-0.2, 0) is 9.47 Å². The molecule has 0 heterocycles. The fraction of sp³-hybridized carbons (Fsp3) is 0.600. The number of ether oxygens (including phenoxy) is 3. The van der Waals surface area contributed by atoms with Gasteiger partial charge in [0.15, 0.2) is 5.79 Å². The lowest BCUT2D eigenvalue weighted by Crippen LogP contribution is -2.50. The van der Waals surface area contributed by atoms with Gasteiger partial charge in [-0.15, -0.1) is 0 Å². The highest BCUT2D eigenvalue weighted by Gasteiger charge is 2.46. The first-order valence-electron chi connectivity index (χ1n) is 6.83. The molecule has 1 aromatic rings. The van der Waals surface area contributed by atoms with Crippen LogP contribution in [0.5, 0.6) is 5.75 Å². The van der Waals surface area contributed by atoms with E-state index in [0.717, 1.165) is 29.7 Å². The second-order valence-electron chi connectivity index (χ2n) is 4.82. The second kappa shape index (κ2) is 6.73. The van der Waals surface area contributed by atoms with Crippen molar-refractivity contribution in [3.05, 3.63) is 28.7 Å². The zero-order valence-corrected chi connectivity index (χ0v) is 13.1. The summed E-state index contributed by atoms with van der Waals surface area (Å²) in [7, 11) is 0. The second-order valence-corrected chi connectivity index (χ2v) is 5.73. The molecule has 4 heteroatoms. The van der Waals surface area contributed by atoms with Crippen molar-refractivity contribution in [1.29, 1.82) is 0 Å². The predicted octanol–water partition coefficient (Wildman–Crippen LogP) is 4.01. The molecule has 0 amide bonds. The predicted molar refractivity (Wildman–Crippen MR) is 78.3 cm³/mol. The lowest BCUT2D eigenvalue weighted by atomic mass is 9.79. The first-order chi connectivity index (χ1) is 9.17. The molecule has 19 heavy (non-hydrogen) atoms. The van der Waals surface area contributed by atoms with Crippen molar-refractivity contribution in [2.45, 2.75) is 32.5 Å². The van der Waals surface area contributed by atoms with E-state index in [4.69, 9.17) is 14.2 Å². The lowest BCUT2D eigenvalue weighted by Gasteiger charge is -2.46. The average molecular weight is 329 g/mol. The minimum absolute atomic E-state index is 0.350. The highest BCUT2D eigenvalue weighted by molar-refractivity contribution is 9.10. The third-order valence-corrected chi connectivity index (χ3v) is 3.84. The van der Waals surface area contributed by atoms with Crippen LogP contribution in [0.25, 0.3) is 0 Å². The quantitative estimate of drug-likeness (QED) is 0.708. The summed E-state index contributed by atoms with van der Waals surface area (Å²) in [5.41, 5.74) is 0. The van der Waals surface area contributed by atoms with E-state index in [9.17, 15) is 0 Å². The highest BCUT2D eigenvalue weighted by atomic mass is 79.9. The zero-order valence-electron chi connectivity index (χ0n) is 11.5. The molecular weight excluding hydrogens is 308 g/mol. The molecule has 0 aliphatic heterocycles. The SMILES string of the molecule is CCOC1(OCC)CC(COc2ccc(Br)cc2)C1. The average Bonchev–Trinajstić information content (AvgIpc) is 2.36. The summed E-state index contributed by atoms with van der Waals surface area (Å²) < 4.78 is 18.3. The third kappa shape index (κ3) is 3.94. The molecule has 0 N–H and O–H groups in total. The summed E-state index contributed by atoms with van der Waals surface area (Å²) in [5.74, 6) is 1.08. The fourth-order valence-electron chi connectivity index (χ4n) is 2.49. The first kappa shape index (κ1) is 14.8. The molecular formula is C15H21BrO3. The number of benzene rings is 1. The van der Waals surface area contributed by atoms with E-state index >= 15 is 0 Å². The minimum atomic E-state index is -0.350. The van der Waals surface area contributed by atoms with Gasteiger partial charge in [0.05, 0.1) is 6.61 Å². The molecule has 0 unspecified atom stereocenters. The Hall–Kier alpha value is -0.580. The molecule has 0 radical (unpaired) electrons. The Balaban J connectivity index is 1.76. The first-order valence-corrected chi connectivity index (χ1v) is 7.63. The topological polar surface area (TPSA) is 27.7 Å². The monoisotopic (exact) mass is 328 g/mol. The minimum Gasteiger partial charge on any atom is -0.493 e. The number of halogens is 1. The van der Waals surface area contributed by atoms with Crippen LogP contribution in [0.15, 0.2) is 28.7 Å². The van der Waals surface area contributed by atoms with Crippen molar-refractivity contribution in [2.75, 3.05) is 19.8 Å². The fourth-order valence-corrected chi connectivity index (χ4v) is 2.75. The molecule has 3 nitrogen and oxygen atoms in total. The summed E-state index contributed by atoms with van der Waals surface area (Å²) in [5, 5.41) is 0. The van der Waals surface area contributed by atoms with Gasteiger partial charge in [-0.25, -0.2) is 0 Å². The van der Waals surface area contributed by atoms with Gasteiger partial charge in [-0.05, 0) is 38.1 Å². The van der Waals surface area contributed by atoms with Crippen molar-refractivity contribution in [2.24, 2.45) is 5.92 Å². The van der Waals surface area contributed by atoms with Gasteiger partial charge in [-0.1, -0.05) is 15.9 Å². The molecule has 0 aromatic heterocycles.